The third kappa shape index (κ3) is 2.95. The Bertz CT molecular complexity index is 726. The lowest BCUT2D eigenvalue weighted by molar-refractivity contribution is -0.384. The van der Waals surface area contributed by atoms with E-state index in [0.717, 1.165) is 41.8 Å². The molecule has 122 valence electrons. The maximum atomic E-state index is 10.9. The van der Waals surface area contributed by atoms with Crippen molar-refractivity contribution >= 4 is 16.7 Å². The van der Waals surface area contributed by atoms with E-state index in [1.165, 1.54) is 44.7 Å². The highest BCUT2D eigenvalue weighted by molar-refractivity contribution is 5.77. The number of hydrogen-bond donors (Lipinski definition) is 1. The fourth-order valence-electron chi connectivity index (χ4n) is 4.27. The van der Waals surface area contributed by atoms with Gasteiger partial charge in [-0.15, -0.1) is 0 Å². The molecule has 0 unspecified atom stereocenters. The first-order chi connectivity index (χ1) is 11.2. The number of hydrogen-bond acceptors (Lipinski definition) is 4. The van der Waals surface area contributed by atoms with Gasteiger partial charge in [0.25, 0.3) is 5.69 Å². The van der Waals surface area contributed by atoms with Crippen molar-refractivity contribution < 1.29 is 4.92 Å². The van der Waals surface area contributed by atoms with E-state index in [4.69, 9.17) is 0 Å². The molecule has 6 nitrogen and oxygen atoms in total. The lowest BCUT2D eigenvalue weighted by atomic mass is 9.75. The first kappa shape index (κ1) is 14.6. The molecule has 2 aromatic rings. The van der Waals surface area contributed by atoms with Gasteiger partial charge >= 0.3 is 0 Å². The molecule has 1 saturated carbocycles. The van der Waals surface area contributed by atoms with Crippen LogP contribution in [0.4, 0.5) is 5.69 Å². The molecule has 6 heteroatoms. The maximum absolute atomic E-state index is 10.9. The maximum Gasteiger partial charge on any atom is 0.271 e. The van der Waals surface area contributed by atoms with Crippen LogP contribution in [0.2, 0.25) is 0 Å². The topological polar surface area (TPSA) is 75.1 Å². The SMILES string of the molecule is O=[N+]([O-])c1ccc2nc(CN3CC[C@H]4CCCC[C@@H]4C3)[nH]c2c1. The summed E-state index contributed by atoms with van der Waals surface area (Å²) < 4.78 is 0. The smallest absolute Gasteiger partial charge is 0.271 e. The number of nitro groups is 1. The van der Waals surface area contributed by atoms with E-state index in [-0.39, 0.29) is 10.6 Å². The largest absolute Gasteiger partial charge is 0.341 e. The van der Waals surface area contributed by atoms with Crippen molar-refractivity contribution in [1.29, 1.82) is 0 Å². The minimum absolute atomic E-state index is 0.107. The average molecular weight is 314 g/mol. The summed E-state index contributed by atoms with van der Waals surface area (Å²) in [5.41, 5.74) is 1.66. The molecular formula is C17H22N4O2. The molecular weight excluding hydrogens is 292 g/mol. The fourth-order valence-corrected chi connectivity index (χ4v) is 4.27. The second-order valence-corrected chi connectivity index (χ2v) is 6.97. The van der Waals surface area contributed by atoms with Gasteiger partial charge in [0.2, 0.25) is 0 Å². The van der Waals surface area contributed by atoms with Gasteiger partial charge in [0.1, 0.15) is 5.82 Å². The van der Waals surface area contributed by atoms with Crippen LogP contribution in [0, 0.1) is 22.0 Å². The Morgan fingerprint density at radius 2 is 2.09 bits per heavy atom. The van der Waals surface area contributed by atoms with E-state index in [1.54, 1.807) is 12.1 Å². The van der Waals surface area contributed by atoms with Gasteiger partial charge in [-0.2, -0.15) is 0 Å². The molecule has 0 amide bonds. The van der Waals surface area contributed by atoms with Crippen molar-refractivity contribution in [2.24, 2.45) is 11.8 Å². The number of imidazole rings is 1. The van der Waals surface area contributed by atoms with Gasteiger partial charge in [0, 0.05) is 18.7 Å². The summed E-state index contributed by atoms with van der Waals surface area (Å²) in [7, 11) is 0. The molecule has 1 saturated heterocycles. The lowest BCUT2D eigenvalue weighted by Gasteiger charge is -2.41. The number of nitrogens with zero attached hydrogens (tertiary/aromatic N) is 3. The molecule has 2 heterocycles. The summed E-state index contributed by atoms with van der Waals surface area (Å²) >= 11 is 0. The van der Waals surface area contributed by atoms with Gasteiger partial charge in [-0.05, 0) is 37.3 Å². The Hall–Kier alpha value is -1.95. The number of benzene rings is 1. The normalized spacial score (nSPS) is 25.4. The zero-order valence-electron chi connectivity index (χ0n) is 13.2. The predicted molar refractivity (Wildman–Crippen MR) is 88.1 cm³/mol. The summed E-state index contributed by atoms with van der Waals surface area (Å²) in [4.78, 5) is 20.8. The van der Waals surface area contributed by atoms with Crippen LogP contribution >= 0.6 is 0 Å². The molecule has 1 aliphatic heterocycles. The van der Waals surface area contributed by atoms with E-state index in [2.05, 4.69) is 14.9 Å². The first-order valence-corrected chi connectivity index (χ1v) is 8.54. The van der Waals surface area contributed by atoms with Gasteiger partial charge in [-0.1, -0.05) is 19.3 Å². The highest BCUT2D eigenvalue weighted by atomic mass is 16.6. The van der Waals surface area contributed by atoms with Gasteiger partial charge < -0.3 is 4.98 Å². The zero-order chi connectivity index (χ0) is 15.8. The number of H-pyrrole nitrogens is 1. The van der Waals surface area contributed by atoms with Gasteiger partial charge in [0.15, 0.2) is 0 Å². The Morgan fingerprint density at radius 3 is 2.91 bits per heavy atom. The quantitative estimate of drug-likeness (QED) is 0.695. The number of aromatic amines is 1. The molecule has 4 rings (SSSR count). The van der Waals surface area contributed by atoms with Gasteiger partial charge in [-0.25, -0.2) is 4.98 Å². The molecule has 1 N–H and O–H groups in total. The molecule has 1 aliphatic carbocycles. The van der Waals surface area contributed by atoms with E-state index >= 15 is 0 Å². The van der Waals surface area contributed by atoms with Crippen LogP contribution in [0.25, 0.3) is 11.0 Å². The molecule has 23 heavy (non-hydrogen) atoms. The Labute approximate surface area is 135 Å². The molecule has 0 spiro atoms. The number of rotatable bonds is 3. The van der Waals surface area contributed by atoms with Crippen LogP contribution < -0.4 is 0 Å². The number of likely N-dealkylation sites (tertiary alicyclic amines) is 1. The molecule has 0 bridgehead atoms. The Morgan fingerprint density at radius 1 is 1.26 bits per heavy atom. The number of nitrogens with one attached hydrogen (secondary N) is 1. The Balaban J connectivity index is 1.48. The summed E-state index contributed by atoms with van der Waals surface area (Å²) in [5.74, 6) is 2.69. The number of non-ortho nitro benzene ring substituents is 1. The standard InChI is InChI=1S/C17H22N4O2/c22-21(23)14-5-6-15-16(9-14)19-17(18-15)11-20-8-7-12-3-1-2-4-13(12)10-20/h5-6,9,12-13H,1-4,7-8,10-11H2,(H,18,19)/t12-,13-/m1/s1. The second-order valence-electron chi connectivity index (χ2n) is 6.97. The fraction of sp³-hybridized carbons (Fsp3) is 0.588. The van der Waals surface area contributed by atoms with Crippen molar-refractivity contribution in [2.75, 3.05) is 13.1 Å². The minimum Gasteiger partial charge on any atom is -0.341 e. The van der Waals surface area contributed by atoms with Crippen LogP contribution in [-0.2, 0) is 6.54 Å². The van der Waals surface area contributed by atoms with Crippen LogP contribution in [0.1, 0.15) is 37.9 Å². The molecule has 1 aromatic carbocycles. The molecule has 2 fully saturated rings. The third-order valence-electron chi connectivity index (χ3n) is 5.47. The minimum atomic E-state index is -0.367. The van der Waals surface area contributed by atoms with E-state index in [0.29, 0.717) is 0 Å². The van der Waals surface area contributed by atoms with Gasteiger partial charge in [0.05, 0.1) is 22.5 Å². The van der Waals surface area contributed by atoms with Crippen molar-refractivity contribution in [2.45, 2.75) is 38.6 Å². The van der Waals surface area contributed by atoms with Gasteiger partial charge in [-0.3, -0.25) is 15.0 Å². The average Bonchev–Trinajstić information content (AvgIpc) is 2.96. The van der Waals surface area contributed by atoms with Crippen molar-refractivity contribution in [3.63, 3.8) is 0 Å². The van der Waals surface area contributed by atoms with Crippen molar-refractivity contribution in [3.05, 3.63) is 34.1 Å². The highest BCUT2D eigenvalue weighted by Crippen LogP contribution is 2.36. The number of piperidine rings is 1. The van der Waals surface area contributed by atoms with Crippen molar-refractivity contribution in [3.8, 4) is 0 Å². The van der Waals surface area contributed by atoms with Crippen LogP contribution in [0.3, 0.4) is 0 Å². The number of fused-ring (bicyclic) bond motifs is 2. The molecule has 2 aliphatic rings. The monoisotopic (exact) mass is 314 g/mol. The third-order valence-corrected chi connectivity index (χ3v) is 5.47. The van der Waals surface area contributed by atoms with Crippen LogP contribution in [0.5, 0.6) is 0 Å². The first-order valence-electron chi connectivity index (χ1n) is 8.54. The molecule has 0 radical (unpaired) electrons. The Kier molecular flexibility index (Phi) is 3.77. The second kappa shape index (κ2) is 5.92. The summed E-state index contributed by atoms with van der Waals surface area (Å²) in [6, 6.07) is 4.81. The zero-order valence-corrected chi connectivity index (χ0v) is 13.2. The summed E-state index contributed by atoms with van der Waals surface area (Å²) in [6.07, 6.45) is 6.86. The van der Waals surface area contributed by atoms with Crippen LogP contribution in [0.15, 0.2) is 18.2 Å². The van der Waals surface area contributed by atoms with E-state index in [9.17, 15) is 10.1 Å². The summed E-state index contributed by atoms with van der Waals surface area (Å²) in [5, 5.41) is 10.9. The highest BCUT2D eigenvalue weighted by Gasteiger charge is 2.31. The van der Waals surface area contributed by atoms with E-state index < -0.39 is 0 Å². The van der Waals surface area contributed by atoms with E-state index in [1.807, 2.05) is 0 Å². The lowest BCUT2D eigenvalue weighted by Crippen LogP contribution is -2.41. The predicted octanol–water partition coefficient (Wildman–Crippen LogP) is 3.48. The van der Waals surface area contributed by atoms with Crippen LogP contribution in [-0.4, -0.2) is 32.9 Å². The molecule has 2 atom stereocenters. The van der Waals surface area contributed by atoms with Crippen molar-refractivity contribution in [1.82, 2.24) is 14.9 Å². The number of aromatic nitrogens is 2. The molecule has 1 aromatic heterocycles. The number of nitro benzene ring substituents is 1. The summed E-state index contributed by atoms with van der Waals surface area (Å²) in [6.45, 7) is 3.12.